The van der Waals surface area contributed by atoms with Crippen LogP contribution in [0.5, 0.6) is 0 Å². The van der Waals surface area contributed by atoms with Crippen LogP contribution in [0.25, 0.3) is 0 Å². The third-order valence-electron chi connectivity index (χ3n) is 6.63. The molecule has 0 radical (unpaired) electrons. The fourth-order valence-electron chi connectivity index (χ4n) is 3.51. The smallest absolute Gasteiger partial charge is 0.410 e. The van der Waals surface area contributed by atoms with Crippen LogP contribution in [0.15, 0.2) is 0 Å². The molecule has 0 aromatic carbocycles. The monoisotopic (exact) mass is 542 g/mol. The average Bonchev–Trinajstić information content (AvgIpc) is 3.11. The predicted octanol–water partition coefficient (Wildman–Crippen LogP) is 7.67. The summed E-state index contributed by atoms with van der Waals surface area (Å²) in [4.78, 5) is 32.6. The number of aromatic nitrogens is 1. The largest absolute Gasteiger partial charge is 0.455 e. The number of hydrogen-bond donors (Lipinski definition) is 0. The minimum absolute atomic E-state index is 0.0981. The lowest BCUT2D eigenvalue weighted by atomic mass is 9.96. The Bertz CT molecular complexity index is 884. The summed E-state index contributed by atoms with van der Waals surface area (Å²) in [6, 6.07) is -0.206. The zero-order valence-electron chi connectivity index (χ0n) is 25.1. The van der Waals surface area contributed by atoms with E-state index in [1.807, 2.05) is 20.8 Å². The third kappa shape index (κ3) is 9.45. The van der Waals surface area contributed by atoms with E-state index in [-0.39, 0.29) is 28.9 Å². The van der Waals surface area contributed by atoms with Crippen molar-refractivity contribution in [3.05, 3.63) is 15.6 Å². The number of hydrogen-bond acceptors (Lipinski definition) is 7. The molecule has 0 saturated heterocycles. The molecule has 36 heavy (non-hydrogen) atoms. The molecule has 1 rings (SSSR count). The van der Waals surface area contributed by atoms with Crippen molar-refractivity contribution in [2.45, 2.75) is 131 Å². The van der Waals surface area contributed by atoms with Crippen LogP contribution in [-0.2, 0) is 25.3 Å². The van der Waals surface area contributed by atoms with E-state index in [9.17, 15) is 9.59 Å². The average molecular weight is 543 g/mol. The fourth-order valence-corrected chi connectivity index (χ4v) is 5.55. The highest BCUT2D eigenvalue weighted by atomic mass is 32.1. The molecule has 7 nitrogen and oxygen atoms in total. The SMILES string of the molecule is CC(=O)O[C@H](C[C@H](C(C)C)N(C)C(=O)OC(C)(C)C)c1nc(CO[Si](C)(C)C(C)(C)C)c(C(C)C)s1. The standard InChI is InChI=1S/C27H50N2O5SSi/c1-17(2)21(29(12)25(31)34-26(6,7)8)15-22(33-19(5)30)24-28-20(23(35-24)18(3)4)16-32-36(13,14)27(9,10)11/h17-18,21-22H,15-16H2,1-14H3/t21-,22-/m1/s1. The van der Waals surface area contributed by atoms with Gasteiger partial charge in [0.2, 0.25) is 0 Å². The molecule has 208 valence electrons. The summed E-state index contributed by atoms with van der Waals surface area (Å²) in [7, 11) is -0.217. The lowest BCUT2D eigenvalue weighted by Crippen LogP contribution is -2.44. The van der Waals surface area contributed by atoms with Gasteiger partial charge < -0.3 is 18.8 Å². The molecular weight excluding hydrogens is 492 g/mol. The first-order valence-corrected chi connectivity index (χ1v) is 16.6. The Hall–Kier alpha value is -1.45. The number of ether oxygens (including phenoxy) is 2. The van der Waals surface area contributed by atoms with Crippen molar-refractivity contribution >= 4 is 31.7 Å². The van der Waals surface area contributed by atoms with Gasteiger partial charge in [-0.25, -0.2) is 9.78 Å². The van der Waals surface area contributed by atoms with Crippen LogP contribution < -0.4 is 0 Å². The van der Waals surface area contributed by atoms with E-state index in [0.717, 1.165) is 15.6 Å². The van der Waals surface area contributed by atoms with Crippen molar-refractivity contribution in [1.82, 2.24) is 9.88 Å². The van der Waals surface area contributed by atoms with E-state index in [0.29, 0.717) is 13.0 Å². The maximum absolute atomic E-state index is 12.8. The molecule has 0 bridgehead atoms. The summed E-state index contributed by atoms with van der Waals surface area (Å²) in [5.41, 5.74) is 0.316. The van der Waals surface area contributed by atoms with Crippen LogP contribution in [0.4, 0.5) is 4.79 Å². The molecule has 0 aliphatic heterocycles. The van der Waals surface area contributed by atoms with E-state index in [4.69, 9.17) is 18.9 Å². The first-order valence-electron chi connectivity index (χ1n) is 12.9. The van der Waals surface area contributed by atoms with Crippen LogP contribution >= 0.6 is 11.3 Å². The van der Waals surface area contributed by atoms with E-state index in [2.05, 4.69) is 61.6 Å². The van der Waals surface area contributed by atoms with E-state index in [1.54, 1.807) is 23.3 Å². The topological polar surface area (TPSA) is 78.0 Å². The zero-order chi connectivity index (χ0) is 28.2. The number of carbonyl (C=O) groups excluding carboxylic acids is 2. The second kappa shape index (κ2) is 12.4. The van der Waals surface area contributed by atoms with Gasteiger partial charge in [-0.05, 0) is 50.7 Å². The van der Waals surface area contributed by atoms with Gasteiger partial charge in [0.1, 0.15) is 10.6 Å². The van der Waals surface area contributed by atoms with E-state index >= 15 is 0 Å². The van der Waals surface area contributed by atoms with Gasteiger partial charge >= 0.3 is 12.1 Å². The highest BCUT2D eigenvalue weighted by Gasteiger charge is 2.38. The predicted molar refractivity (Wildman–Crippen MR) is 150 cm³/mol. The minimum Gasteiger partial charge on any atom is -0.455 e. The lowest BCUT2D eigenvalue weighted by Gasteiger charge is -2.36. The summed E-state index contributed by atoms with van der Waals surface area (Å²) in [6.45, 7) is 26.9. The third-order valence-corrected chi connectivity index (χ3v) is 12.6. The first kappa shape index (κ1) is 32.6. The van der Waals surface area contributed by atoms with E-state index in [1.165, 1.54) is 6.92 Å². The molecule has 1 amide bonds. The molecule has 0 spiro atoms. The molecular formula is C27H50N2O5SSi. The van der Waals surface area contributed by atoms with Crippen molar-refractivity contribution in [3.8, 4) is 0 Å². The van der Waals surface area contributed by atoms with Gasteiger partial charge in [-0.15, -0.1) is 11.3 Å². The minimum atomic E-state index is -1.96. The van der Waals surface area contributed by atoms with Crippen molar-refractivity contribution in [3.63, 3.8) is 0 Å². The Labute approximate surface area is 224 Å². The van der Waals surface area contributed by atoms with Crippen molar-refractivity contribution < 1.29 is 23.5 Å². The van der Waals surface area contributed by atoms with Crippen molar-refractivity contribution in [1.29, 1.82) is 0 Å². The maximum atomic E-state index is 12.8. The first-order chi connectivity index (χ1) is 16.2. The van der Waals surface area contributed by atoms with E-state index < -0.39 is 26.1 Å². The normalized spacial score (nSPS) is 14.7. The van der Waals surface area contributed by atoms with Crippen molar-refractivity contribution in [2.24, 2.45) is 5.92 Å². The quantitative estimate of drug-likeness (QED) is 0.223. The second-order valence-electron chi connectivity index (χ2n) is 12.8. The summed E-state index contributed by atoms with van der Waals surface area (Å²) >= 11 is 1.57. The maximum Gasteiger partial charge on any atom is 0.410 e. The molecule has 2 atom stereocenters. The molecule has 0 fully saturated rings. The van der Waals surface area contributed by atoms with Crippen LogP contribution in [0.2, 0.25) is 18.1 Å². The summed E-state index contributed by atoms with van der Waals surface area (Å²) in [5, 5.41) is 0.840. The summed E-state index contributed by atoms with van der Waals surface area (Å²) < 4.78 is 17.9. The van der Waals surface area contributed by atoms with Gasteiger partial charge in [0, 0.05) is 31.3 Å². The second-order valence-corrected chi connectivity index (χ2v) is 18.7. The molecule has 0 N–H and O–H groups in total. The van der Waals surface area contributed by atoms with Gasteiger partial charge in [0.05, 0.1) is 12.3 Å². The Morgan fingerprint density at radius 1 is 1.06 bits per heavy atom. The summed E-state index contributed by atoms with van der Waals surface area (Å²) in [6.07, 6.45) is -0.530. The highest BCUT2D eigenvalue weighted by Crippen LogP contribution is 2.39. The molecule has 1 heterocycles. The Kier molecular flexibility index (Phi) is 11.2. The van der Waals surface area contributed by atoms with Crippen LogP contribution in [0.1, 0.15) is 110 Å². The molecule has 0 aliphatic carbocycles. The van der Waals surface area contributed by atoms with Gasteiger partial charge in [-0.2, -0.15) is 0 Å². The molecule has 0 aliphatic rings. The zero-order valence-corrected chi connectivity index (χ0v) is 26.9. The van der Waals surface area contributed by atoms with Crippen LogP contribution in [0.3, 0.4) is 0 Å². The lowest BCUT2D eigenvalue weighted by molar-refractivity contribution is -0.147. The fraction of sp³-hybridized carbons (Fsp3) is 0.815. The summed E-state index contributed by atoms with van der Waals surface area (Å²) in [5.74, 6) is 0.00636. The number of esters is 1. The van der Waals surface area contributed by atoms with Gasteiger partial charge in [-0.1, -0.05) is 48.5 Å². The van der Waals surface area contributed by atoms with Crippen LogP contribution in [-0.4, -0.2) is 49.0 Å². The van der Waals surface area contributed by atoms with Gasteiger partial charge in [0.15, 0.2) is 14.4 Å². The molecule has 1 aromatic heterocycles. The van der Waals surface area contributed by atoms with Gasteiger partial charge in [0.25, 0.3) is 0 Å². The number of carbonyl (C=O) groups is 2. The number of rotatable bonds is 10. The highest BCUT2D eigenvalue weighted by molar-refractivity contribution is 7.11. The van der Waals surface area contributed by atoms with Crippen molar-refractivity contribution in [2.75, 3.05) is 7.05 Å². The molecule has 9 heteroatoms. The molecule has 0 saturated carbocycles. The number of thiazole rings is 1. The Balaban J connectivity index is 3.32. The Morgan fingerprint density at radius 3 is 2.03 bits per heavy atom. The molecule has 0 unspecified atom stereocenters. The van der Waals surface area contributed by atoms with Gasteiger partial charge in [-0.3, -0.25) is 4.79 Å². The van der Waals surface area contributed by atoms with Crippen LogP contribution in [0, 0.1) is 5.92 Å². The number of nitrogens with zero attached hydrogens (tertiary/aromatic N) is 2. The molecule has 1 aromatic rings. The number of amides is 1. The Morgan fingerprint density at radius 2 is 1.61 bits per heavy atom.